The van der Waals surface area contributed by atoms with E-state index in [1.54, 1.807) is 23.7 Å². The van der Waals surface area contributed by atoms with E-state index in [1.807, 2.05) is 6.07 Å². The summed E-state index contributed by atoms with van der Waals surface area (Å²) in [6.45, 7) is 0.892. The number of aromatic nitrogens is 4. The molecule has 0 aromatic carbocycles. The van der Waals surface area contributed by atoms with Gasteiger partial charge in [-0.25, -0.2) is 9.97 Å². The molecular formula is C13H15BrN6S. The molecule has 2 fully saturated rings. The highest BCUT2D eigenvalue weighted by molar-refractivity contribution is 9.11. The number of anilines is 1. The van der Waals surface area contributed by atoms with E-state index >= 15 is 0 Å². The van der Waals surface area contributed by atoms with Gasteiger partial charge in [0.15, 0.2) is 3.92 Å². The van der Waals surface area contributed by atoms with Crippen molar-refractivity contribution in [3.63, 3.8) is 0 Å². The van der Waals surface area contributed by atoms with Gasteiger partial charge in [0.1, 0.15) is 5.01 Å². The van der Waals surface area contributed by atoms with Crippen molar-refractivity contribution in [3.8, 4) is 0 Å². The lowest BCUT2D eigenvalue weighted by molar-refractivity contribution is 0.285. The van der Waals surface area contributed by atoms with Crippen molar-refractivity contribution < 1.29 is 0 Å². The molecule has 4 rings (SSSR count). The minimum atomic E-state index is 0.130. The Kier molecular flexibility index (Phi) is 3.39. The summed E-state index contributed by atoms with van der Waals surface area (Å²) in [5.74, 6) is 1.68. The highest BCUT2D eigenvalue weighted by Gasteiger charge is 2.48. The summed E-state index contributed by atoms with van der Waals surface area (Å²) in [6.07, 6.45) is 5.88. The zero-order valence-electron chi connectivity index (χ0n) is 11.3. The predicted molar refractivity (Wildman–Crippen MR) is 83.9 cm³/mol. The first-order valence-corrected chi connectivity index (χ1v) is 8.63. The van der Waals surface area contributed by atoms with Crippen LogP contribution in [0.3, 0.4) is 0 Å². The largest absolute Gasteiger partial charge is 0.331 e. The number of nitrogens with two attached hydrogens (primary N) is 1. The molecule has 1 aliphatic carbocycles. The maximum atomic E-state index is 6.44. The first-order chi connectivity index (χ1) is 10.2. The molecule has 6 nitrogen and oxygen atoms in total. The first kappa shape index (κ1) is 13.5. The van der Waals surface area contributed by atoms with Crippen molar-refractivity contribution in [2.45, 2.75) is 24.9 Å². The van der Waals surface area contributed by atoms with Crippen LogP contribution in [-0.4, -0.2) is 32.8 Å². The first-order valence-electron chi connectivity index (χ1n) is 7.02. The van der Waals surface area contributed by atoms with Gasteiger partial charge in [0.25, 0.3) is 0 Å². The van der Waals surface area contributed by atoms with Crippen LogP contribution >= 0.6 is 27.3 Å². The Morgan fingerprint density at radius 3 is 2.76 bits per heavy atom. The number of piperidine rings is 1. The van der Waals surface area contributed by atoms with Crippen LogP contribution < -0.4 is 10.6 Å². The molecule has 0 spiro atoms. The molecule has 2 aromatic heterocycles. The van der Waals surface area contributed by atoms with Gasteiger partial charge in [0.05, 0.1) is 6.04 Å². The molecule has 4 atom stereocenters. The van der Waals surface area contributed by atoms with Crippen LogP contribution in [0.15, 0.2) is 22.4 Å². The average Bonchev–Trinajstić information content (AvgIpc) is 3.01. The van der Waals surface area contributed by atoms with E-state index in [0.29, 0.717) is 11.8 Å². The number of rotatable bonds is 2. The second-order valence-corrected chi connectivity index (χ2v) is 7.90. The third-order valence-corrected chi connectivity index (χ3v) is 5.99. The Bertz CT molecular complexity index is 635. The molecule has 4 unspecified atom stereocenters. The fourth-order valence-corrected chi connectivity index (χ4v) is 4.95. The molecule has 8 heteroatoms. The Morgan fingerprint density at radius 1 is 1.24 bits per heavy atom. The molecule has 3 heterocycles. The van der Waals surface area contributed by atoms with E-state index in [1.165, 1.54) is 6.42 Å². The van der Waals surface area contributed by atoms with Crippen LogP contribution in [0.5, 0.6) is 0 Å². The molecule has 1 saturated heterocycles. The van der Waals surface area contributed by atoms with Crippen LogP contribution in [0.1, 0.15) is 23.9 Å². The summed E-state index contributed by atoms with van der Waals surface area (Å²) >= 11 is 4.98. The van der Waals surface area contributed by atoms with Crippen molar-refractivity contribution in [2.75, 3.05) is 11.4 Å². The van der Waals surface area contributed by atoms with Crippen molar-refractivity contribution >= 4 is 33.2 Å². The number of nitrogens with zero attached hydrogens (tertiary/aromatic N) is 5. The Hall–Kier alpha value is -1.12. The topological polar surface area (TPSA) is 80.8 Å². The summed E-state index contributed by atoms with van der Waals surface area (Å²) in [6, 6.07) is 2.20. The summed E-state index contributed by atoms with van der Waals surface area (Å²) < 4.78 is 0.806. The molecule has 0 radical (unpaired) electrons. The minimum Gasteiger partial charge on any atom is -0.331 e. The average molecular weight is 367 g/mol. The van der Waals surface area contributed by atoms with Gasteiger partial charge in [-0.1, -0.05) is 11.3 Å². The summed E-state index contributed by atoms with van der Waals surface area (Å²) in [4.78, 5) is 11.1. The molecule has 110 valence electrons. The van der Waals surface area contributed by atoms with Crippen molar-refractivity contribution in [2.24, 2.45) is 17.6 Å². The molecule has 2 bridgehead atoms. The van der Waals surface area contributed by atoms with Crippen LogP contribution in [0.2, 0.25) is 0 Å². The van der Waals surface area contributed by atoms with E-state index in [4.69, 9.17) is 5.73 Å². The van der Waals surface area contributed by atoms with Crippen LogP contribution in [0.4, 0.5) is 5.95 Å². The molecule has 2 aromatic rings. The Morgan fingerprint density at radius 2 is 2.05 bits per heavy atom. The van der Waals surface area contributed by atoms with E-state index in [9.17, 15) is 0 Å². The fraction of sp³-hybridized carbons (Fsp3) is 0.538. The quantitative estimate of drug-likeness (QED) is 0.875. The van der Waals surface area contributed by atoms with Crippen molar-refractivity contribution in [3.05, 3.63) is 27.4 Å². The van der Waals surface area contributed by atoms with Crippen LogP contribution in [0, 0.1) is 11.8 Å². The molecule has 21 heavy (non-hydrogen) atoms. The predicted octanol–water partition coefficient (Wildman–Crippen LogP) is 2.01. The summed E-state index contributed by atoms with van der Waals surface area (Å²) in [5.41, 5.74) is 6.44. The highest BCUT2D eigenvalue weighted by atomic mass is 79.9. The van der Waals surface area contributed by atoms with Gasteiger partial charge in [0.2, 0.25) is 5.95 Å². The van der Waals surface area contributed by atoms with E-state index in [0.717, 1.165) is 27.8 Å². The number of hydrogen-bond acceptors (Lipinski definition) is 7. The lowest BCUT2D eigenvalue weighted by Gasteiger charge is -2.42. The zero-order valence-corrected chi connectivity index (χ0v) is 13.7. The van der Waals surface area contributed by atoms with Gasteiger partial charge in [0, 0.05) is 30.9 Å². The molecule has 2 N–H and O–H groups in total. The third-order valence-electron chi connectivity index (χ3n) is 4.56. The normalized spacial score (nSPS) is 31.6. The monoisotopic (exact) mass is 366 g/mol. The molecule has 2 aliphatic rings. The highest BCUT2D eigenvalue weighted by Crippen LogP contribution is 2.48. The second kappa shape index (κ2) is 5.26. The molecular weight excluding hydrogens is 352 g/mol. The standard InChI is InChI=1S/C13H15BrN6S/c14-12-19-18-11(21-12)10-8-3-2-7(9(8)15)6-20(10)13-16-4-1-5-17-13/h1,4-5,7-10H,2-3,6,15H2. The number of fused-ring (bicyclic) bond motifs is 2. The molecule has 0 amide bonds. The van der Waals surface area contributed by atoms with Crippen LogP contribution in [-0.2, 0) is 0 Å². The lowest BCUT2D eigenvalue weighted by Crippen LogP contribution is -2.51. The Balaban J connectivity index is 1.77. The van der Waals surface area contributed by atoms with Gasteiger partial charge in [-0.15, -0.1) is 10.2 Å². The van der Waals surface area contributed by atoms with E-state index < -0.39 is 0 Å². The van der Waals surface area contributed by atoms with Crippen LogP contribution in [0.25, 0.3) is 0 Å². The second-order valence-electron chi connectivity index (χ2n) is 5.62. The van der Waals surface area contributed by atoms with Gasteiger partial charge in [-0.2, -0.15) is 0 Å². The Labute approximate surface area is 134 Å². The van der Waals surface area contributed by atoms with Gasteiger partial charge in [-0.3, -0.25) is 0 Å². The number of halogens is 1. The van der Waals surface area contributed by atoms with Crippen molar-refractivity contribution in [1.29, 1.82) is 0 Å². The molecule has 1 saturated carbocycles. The maximum Gasteiger partial charge on any atom is 0.225 e. The van der Waals surface area contributed by atoms with Gasteiger partial charge in [-0.05, 0) is 40.8 Å². The maximum absolute atomic E-state index is 6.44. The van der Waals surface area contributed by atoms with Gasteiger partial charge >= 0.3 is 0 Å². The summed E-state index contributed by atoms with van der Waals surface area (Å²) in [5, 5.41) is 9.43. The number of hydrogen-bond donors (Lipinski definition) is 1. The lowest BCUT2D eigenvalue weighted by atomic mass is 9.86. The van der Waals surface area contributed by atoms with E-state index in [-0.39, 0.29) is 12.1 Å². The molecule has 1 aliphatic heterocycles. The minimum absolute atomic E-state index is 0.130. The van der Waals surface area contributed by atoms with Gasteiger partial charge < -0.3 is 10.6 Å². The van der Waals surface area contributed by atoms with Crippen molar-refractivity contribution in [1.82, 2.24) is 20.2 Å². The SMILES string of the molecule is NC1C2CCC1C(c1nnc(Br)s1)N(c1ncccn1)C2. The third kappa shape index (κ3) is 2.25. The zero-order chi connectivity index (χ0) is 14.4. The fourth-order valence-electron chi connectivity index (χ4n) is 3.62. The smallest absolute Gasteiger partial charge is 0.225 e. The van der Waals surface area contributed by atoms with E-state index in [2.05, 4.69) is 41.0 Å². The summed E-state index contributed by atoms with van der Waals surface area (Å²) in [7, 11) is 0.